The van der Waals surface area contributed by atoms with Crippen LogP contribution in [0.4, 0.5) is 5.69 Å². The van der Waals surface area contributed by atoms with Gasteiger partial charge in [-0.25, -0.2) is 0 Å². The minimum atomic E-state index is -0.0723. The molecule has 2 rings (SSSR count). The summed E-state index contributed by atoms with van der Waals surface area (Å²) in [6.07, 6.45) is 1.02. The number of amides is 2. The van der Waals surface area contributed by atoms with Crippen LogP contribution in [0.15, 0.2) is 54.6 Å². The second-order valence-corrected chi connectivity index (χ2v) is 5.08. The predicted molar refractivity (Wildman–Crippen MR) is 104 cm³/mol. The van der Waals surface area contributed by atoms with Crippen LogP contribution in [0.3, 0.4) is 0 Å². The van der Waals surface area contributed by atoms with Gasteiger partial charge in [0.2, 0.25) is 11.8 Å². The Morgan fingerprint density at radius 1 is 0.917 bits per heavy atom. The third kappa shape index (κ3) is 7.09. The Kier molecular flexibility index (Phi) is 8.90. The summed E-state index contributed by atoms with van der Waals surface area (Å²) in [5.74, 6) is -0.116. The van der Waals surface area contributed by atoms with Gasteiger partial charge in [0, 0.05) is 28.4 Å². The first-order valence-electron chi connectivity index (χ1n) is 8.35. The fourth-order valence-electron chi connectivity index (χ4n) is 2.11. The van der Waals surface area contributed by atoms with Crippen molar-refractivity contribution in [3.05, 3.63) is 54.6 Å². The highest BCUT2D eigenvalue weighted by molar-refractivity contribution is 5.91. The third-order valence-electron chi connectivity index (χ3n) is 3.23. The Balaban J connectivity index is 0. The lowest BCUT2D eigenvalue weighted by Gasteiger charge is -2.07. The maximum atomic E-state index is 11.8. The van der Waals surface area contributed by atoms with Crippen molar-refractivity contribution >= 4 is 17.5 Å². The molecule has 0 aliphatic rings. The van der Waals surface area contributed by atoms with E-state index in [-0.39, 0.29) is 14.7 Å². The zero-order chi connectivity index (χ0) is 17.8. The summed E-state index contributed by atoms with van der Waals surface area (Å²) in [5, 5.41) is 5.53. The van der Waals surface area contributed by atoms with Crippen LogP contribution >= 0.6 is 0 Å². The Morgan fingerprint density at radius 3 is 2.08 bits per heavy atom. The highest BCUT2D eigenvalue weighted by atomic mass is 16.2. The van der Waals surface area contributed by atoms with Gasteiger partial charge < -0.3 is 10.6 Å². The summed E-state index contributed by atoms with van der Waals surface area (Å²) in [6.45, 7) is 5.99. The van der Waals surface area contributed by atoms with E-state index in [4.69, 9.17) is 0 Å². The van der Waals surface area contributed by atoms with Crippen molar-refractivity contribution in [3.63, 3.8) is 0 Å². The van der Waals surface area contributed by atoms with Gasteiger partial charge in [-0.05, 0) is 29.7 Å². The van der Waals surface area contributed by atoms with Gasteiger partial charge in [-0.3, -0.25) is 9.59 Å². The molecule has 0 atom stereocenters. The van der Waals surface area contributed by atoms with E-state index in [1.165, 1.54) is 6.92 Å². The zero-order valence-corrected chi connectivity index (χ0v) is 14.6. The molecule has 0 bridgehead atoms. The molecule has 0 spiro atoms. The van der Waals surface area contributed by atoms with E-state index in [0.29, 0.717) is 19.4 Å². The lowest BCUT2D eigenvalue weighted by atomic mass is 10.1. The largest absolute Gasteiger partial charge is 0.356 e. The molecule has 0 radical (unpaired) electrons. The summed E-state index contributed by atoms with van der Waals surface area (Å²) in [5.41, 5.74) is 3.05. The molecular weight excluding hydrogens is 300 g/mol. The first kappa shape index (κ1) is 19.4. The fraction of sp³-hybridized carbons (Fsp3) is 0.300. The quantitative estimate of drug-likeness (QED) is 0.752. The van der Waals surface area contributed by atoms with Crippen molar-refractivity contribution in [1.29, 1.82) is 0 Å². The van der Waals surface area contributed by atoms with Crippen LogP contribution in [-0.4, -0.2) is 18.4 Å². The first-order valence-corrected chi connectivity index (χ1v) is 8.35. The van der Waals surface area contributed by atoms with Gasteiger partial charge in [0.05, 0.1) is 0 Å². The topological polar surface area (TPSA) is 58.2 Å². The normalized spacial score (nSPS) is 9.46. The Labute approximate surface area is 147 Å². The molecule has 0 saturated carbocycles. The second-order valence-electron chi connectivity index (χ2n) is 5.08. The number of carbonyl (C=O) groups excluding carboxylic acids is 2. The van der Waals surface area contributed by atoms with Gasteiger partial charge in [-0.1, -0.05) is 56.3 Å². The Bertz CT molecular complexity index is 632. The molecule has 24 heavy (non-hydrogen) atoms. The zero-order valence-electron chi connectivity index (χ0n) is 14.6. The van der Waals surface area contributed by atoms with Gasteiger partial charge in [0.1, 0.15) is 0 Å². The minimum Gasteiger partial charge on any atom is -0.356 e. The van der Waals surface area contributed by atoms with Crippen LogP contribution in [0.1, 0.15) is 36.5 Å². The maximum absolute atomic E-state index is 11.8. The van der Waals surface area contributed by atoms with E-state index in [9.17, 15) is 9.59 Å². The van der Waals surface area contributed by atoms with Gasteiger partial charge in [-0.2, -0.15) is 0 Å². The molecule has 0 heterocycles. The van der Waals surface area contributed by atoms with Crippen molar-refractivity contribution < 1.29 is 12.4 Å². The average Bonchev–Trinajstić information content (AvgIpc) is 2.62. The smallest absolute Gasteiger partial charge is 0.224 e. The van der Waals surface area contributed by atoms with Crippen molar-refractivity contribution in [2.75, 3.05) is 11.9 Å². The molecule has 0 unspecified atom stereocenters. The number of hydrogen-bond acceptors (Lipinski definition) is 2. The van der Waals surface area contributed by atoms with E-state index < -0.39 is 0 Å². The summed E-state index contributed by atoms with van der Waals surface area (Å²) >= 11 is 0. The number of hydrogen-bond donors (Lipinski definition) is 2. The predicted octanol–water partition coefficient (Wildman–Crippen LogP) is 4.73. The molecule has 0 saturated heterocycles. The molecule has 2 amide bonds. The second kappa shape index (κ2) is 11.0. The van der Waals surface area contributed by atoms with Gasteiger partial charge in [-0.15, -0.1) is 0 Å². The van der Waals surface area contributed by atoms with Crippen LogP contribution < -0.4 is 10.6 Å². The summed E-state index contributed by atoms with van der Waals surface area (Å²) in [4.78, 5) is 22.5. The summed E-state index contributed by atoms with van der Waals surface area (Å²) in [7, 11) is 0. The van der Waals surface area contributed by atoms with Gasteiger partial charge in [0.15, 0.2) is 0 Å². The average molecular weight is 330 g/mol. The van der Waals surface area contributed by atoms with Crippen LogP contribution in [0, 0.1) is 0 Å². The monoisotopic (exact) mass is 330 g/mol. The first-order chi connectivity index (χ1) is 11.6. The molecule has 132 valence electrons. The van der Waals surface area contributed by atoms with E-state index in [2.05, 4.69) is 22.8 Å². The van der Waals surface area contributed by atoms with Crippen LogP contribution in [0.5, 0.6) is 0 Å². The maximum Gasteiger partial charge on any atom is 0.224 e. The lowest BCUT2D eigenvalue weighted by Crippen LogP contribution is -2.22. The highest BCUT2D eigenvalue weighted by Gasteiger charge is 2.03. The molecule has 4 heteroatoms. The number of anilines is 1. The molecular formula is C20H30N2O2. The standard InChI is InChI=1S/C18H20N2O2.C2H6.2H2/c1-14(21)19-13-5-8-18(22)20-17-11-9-16(10-12-17)15-6-3-2-4-7-15;1-2;;/h2-4,6-7,9-12H,5,8,13H2,1H3,(H,19,21)(H,20,22);1-2H3;2*1H. The number of nitrogens with one attached hydrogen (secondary N) is 2. The van der Waals surface area contributed by atoms with Gasteiger partial charge >= 0.3 is 0 Å². The van der Waals surface area contributed by atoms with Crippen molar-refractivity contribution in [2.24, 2.45) is 0 Å². The number of carbonyl (C=O) groups is 2. The van der Waals surface area contributed by atoms with Crippen molar-refractivity contribution in [3.8, 4) is 11.1 Å². The van der Waals surface area contributed by atoms with E-state index >= 15 is 0 Å². The lowest BCUT2D eigenvalue weighted by molar-refractivity contribution is -0.119. The summed E-state index contributed by atoms with van der Waals surface area (Å²) in [6, 6.07) is 17.9. The molecule has 0 aliphatic carbocycles. The highest BCUT2D eigenvalue weighted by Crippen LogP contribution is 2.21. The SMILES string of the molecule is CC.CC(=O)NCCCC(=O)Nc1ccc(-c2ccccc2)cc1.[HH].[HH]. The van der Waals surface area contributed by atoms with E-state index in [1.807, 2.05) is 56.3 Å². The van der Waals surface area contributed by atoms with Gasteiger partial charge in [0.25, 0.3) is 0 Å². The number of rotatable bonds is 6. The molecule has 0 aliphatic heterocycles. The molecule has 0 aromatic heterocycles. The molecule has 4 nitrogen and oxygen atoms in total. The molecule has 2 N–H and O–H groups in total. The summed E-state index contributed by atoms with van der Waals surface area (Å²) < 4.78 is 0. The van der Waals surface area contributed by atoms with Crippen molar-refractivity contribution in [2.45, 2.75) is 33.6 Å². The van der Waals surface area contributed by atoms with Crippen molar-refractivity contribution in [1.82, 2.24) is 5.32 Å². The van der Waals surface area contributed by atoms with E-state index in [0.717, 1.165) is 16.8 Å². The Morgan fingerprint density at radius 2 is 1.50 bits per heavy atom. The van der Waals surface area contributed by atoms with Crippen LogP contribution in [-0.2, 0) is 9.59 Å². The molecule has 0 fully saturated rings. The molecule has 2 aromatic carbocycles. The van der Waals surface area contributed by atoms with Crippen LogP contribution in [0.25, 0.3) is 11.1 Å². The van der Waals surface area contributed by atoms with E-state index in [1.54, 1.807) is 0 Å². The third-order valence-corrected chi connectivity index (χ3v) is 3.23. The number of benzene rings is 2. The molecule has 2 aromatic rings. The fourth-order valence-corrected chi connectivity index (χ4v) is 2.11. The minimum absolute atomic E-state index is 0. The van der Waals surface area contributed by atoms with Crippen LogP contribution in [0.2, 0.25) is 0 Å². The Hall–Kier alpha value is -2.62.